The van der Waals surface area contributed by atoms with Gasteiger partial charge < -0.3 is 37.2 Å². The SMILES string of the molecule is [Cl-].[Cl-].[Cl-].[Nd+3].[Sm+3]. The normalized spacial score (nSPS) is 0. The van der Waals surface area contributed by atoms with Crippen molar-refractivity contribution in [2.45, 2.75) is 0 Å². The van der Waals surface area contributed by atoms with Crippen molar-refractivity contribution >= 4 is 0 Å². The van der Waals surface area contributed by atoms with E-state index in [1.165, 1.54) is 0 Å². The molecule has 5 heteroatoms. The molecule has 0 aliphatic heterocycles. The fourth-order valence-corrected chi connectivity index (χ4v) is 0. The Hall–Kier alpha value is 3.56. The second-order valence-corrected chi connectivity index (χ2v) is 0. The minimum atomic E-state index is 0. The van der Waals surface area contributed by atoms with Crippen LogP contribution >= 0.6 is 0 Å². The van der Waals surface area contributed by atoms with Gasteiger partial charge in [-0.2, -0.15) is 0 Å². The molecule has 28 valence electrons. The maximum atomic E-state index is 0. The summed E-state index contributed by atoms with van der Waals surface area (Å²) in [5.74, 6) is 0. The standard InChI is InChI=1S/3ClH.Nd.Sm/h3*1H;;/q;;;2*+3/p-3. The number of rotatable bonds is 0. The van der Waals surface area contributed by atoms with Crippen molar-refractivity contribution in [2.24, 2.45) is 0 Å². The zero-order valence-electron chi connectivity index (χ0n) is 2.04. The Kier molecular flexibility index (Phi) is 198. The molecule has 0 bridgehead atoms. The topological polar surface area (TPSA) is 0 Å². The molecule has 0 N–H and O–H groups in total. The minimum absolute atomic E-state index is 0. The molecule has 0 atom stereocenters. The van der Waals surface area contributed by atoms with Gasteiger partial charge in [-0.3, -0.25) is 0 Å². The molecule has 0 rings (SSSR count). The minimum Gasteiger partial charge on any atom is -1.00 e. The Morgan fingerprint density at radius 1 is 0.600 bits per heavy atom. The van der Waals surface area contributed by atoms with E-state index in [9.17, 15) is 0 Å². The molecule has 0 fully saturated rings. The van der Waals surface area contributed by atoms with Crippen LogP contribution in [0, 0.1) is 81.2 Å². The molecule has 0 nitrogen and oxygen atoms in total. The van der Waals surface area contributed by atoms with Gasteiger partial charge in [0.15, 0.2) is 0 Å². The van der Waals surface area contributed by atoms with E-state index in [0.29, 0.717) is 0 Å². The van der Waals surface area contributed by atoms with Gasteiger partial charge in [-0.15, -0.1) is 0 Å². The van der Waals surface area contributed by atoms with Gasteiger partial charge in [-0.05, 0) is 0 Å². The molecule has 0 aromatic rings. The predicted molar refractivity (Wildman–Crippen MR) is 0 cm³/mol. The summed E-state index contributed by atoms with van der Waals surface area (Å²) >= 11 is 0. The summed E-state index contributed by atoms with van der Waals surface area (Å²) in [6.45, 7) is 0. The van der Waals surface area contributed by atoms with Crippen LogP contribution in [0.2, 0.25) is 0 Å². The van der Waals surface area contributed by atoms with Gasteiger partial charge in [0.05, 0.1) is 0 Å². The second-order valence-electron chi connectivity index (χ2n) is 0. The summed E-state index contributed by atoms with van der Waals surface area (Å²) in [6, 6.07) is 0. The van der Waals surface area contributed by atoms with Crippen LogP contribution in [0.5, 0.6) is 0 Å². The van der Waals surface area contributed by atoms with Crippen LogP contribution in [-0.4, -0.2) is 0 Å². The van der Waals surface area contributed by atoms with Crippen LogP contribution in [0.4, 0.5) is 0 Å². The quantitative estimate of drug-likeness (QED) is 0.379. The van der Waals surface area contributed by atoms with Gasteiger partial charge in [0.1, 0.15) is 0 Å². The summed E-state index contributed by atoms with van der Waals surface area (Å²) in [7, 11) is 0. The van der Waals surface area contributed by atoms with Crippen LogP contribution in [0.25, 0.3) is 0 Å². The first-order chi connectivity index (χ1) is 0. The fraction of sp³-hybridized carbons (Fsp3) is 0. The van der Waals surface area contributed by atoms with E-state index in [1.807, 2.05) is 0 Å². The average molecular weight is 401 g/mol. The van der Waals surface area contributed by atoms with Gasteiger partial charge in [0.2, 0.25) is 0 Å². The number of hydrogen-bond acceptors (Lipinski definition) is 0. The zero-order chi connectivity index (χ0) is 0. The summed E-state index contributed by atoms with van der Waals surface area (Å²) < 4.78 is 0. The molecule has 0 amide bonds. The van der Waals surface area contributed by atoms with Gasteiger partial charge in [0.25, 0.3) is 0 Å². The first-order valence-electron chi connectivity index (χ1n) is 0. The Morgan fingerprint density at radius 2 is 0.600 bits per heavy atom. The zero-order valence-corrected chi connectivity index (χ0v) is 10.1. The van der Waals surface area contributed by atoms with Crippen LogP contribution in [0.1, 0.15) is 0 Å². The van der Waals surface area contributed by atoms with Crippen molar-refractivity contribution in [1.29, 1.82) is 0 Å². The van der Waals surface area contributed by atoms with Crippen molar-refractivity contribution in [3.8, 4) is 0 Å². The number of hydrogen-bond donors (Lipinski definition) is 0. The Balaban J connectivity index is 0. The van der Waals surface area contributed by atoms with E-state index in [2.05, 4.69) is 0 Å². The predicted octanol–water partition coefficient (Wildman–Crippen LogP) is -8.99. The third kappa shape index (κ3) is 18.4. The molecule has 0 aliphatic carbocycles. The molecule has 0 unspecified atom stereocenters. The summed E-state index contributed by atoms with van der Waals surface area (Å²) in [4.78, 5) is 0. The van der Waals surface area contributed by atoms with Crippen LogP contribution in [0.15, 0.2) is 0 Å². The molecular weight excluding hydrogens is 401 g/mol. The van der Waals surface area contributed by atoms with Crippen molar-refractivity contribution in [1.82, 2.24) is 0 Å². The third-order valence-corrected chi connectivity index (χ3v) is 0. The van der Waals surface area contributed by atoms with Gasteiger partial charge in [-0.1, -0.05) is 0 Å². The molecule has 0 heterocycles. The smallest absolute Gasteiger partial charge is 1.00 e. The van der Waals surface area contributed by atoms with Crippen molar-refractivity contribution in [2.75, 3.05) is 0 Å². The van der Waals surface area contributed by atoms with E-state index in [4.69, 9.17) is 0 Å². The van der Waals surface area contributed by atoms with E-state index in [-0.39, 0.29) is 118 Å². The molecular formula is Cl3NdSm+3. The van der Waals surface area contributed by atoms with Gasteiger partial charge in [0, 0.05) is 0 Å². The van der Waals surface area contributed by atoms with Crippen molar-refractivity contribution < 1.29 is 118 Å². The third-order valence-electron chi connectivity index (χ3n) is 0. The molecule has 0 saturated carbocycles. The summed E-state index contributed by atoms with van der Waals surface area (Å²) in [6.07, 6.45) is 0. The maximum Gasteiger partial charge on any atom is 3.00 e. The molecule has 0 spiro atoms. The summed E-state index contributed by atoms with van der Waals surface area (Å²) in [5.41, 5.74) is 0. The average Bonchev–Trinajstić information content (AvgIpc) is 0. The van der Waals surface area contributed by atoms with Gasteiger partial charge >= 0.3 is 81.2 Å². The molecule has 5 heavy (non-hydrogen) atoms. The Bertz CT molecular complexity index is 6.85. The monoisotopic (exact) mass is 399 g/mol. The van der Waals surface area contributed by atoms with Crippen molar-refractivity contribution in [3.63, 3.8) is 0 Å². The van der Waals surface area contributed by atoms with Crippen LogP contribution in [0.3, 0.4) is 0 Å². The summed E-state index contributed by atoms with van der Waals surface area (Å²) in [5, 5.41) is 0. The van der Waals surface area contributed by atoms with E-state index >= 15 is 0 Å². The first kappa shape index (κ1) is 38.6. The molecule has 0 aromatic carbocycles. The van der Waals surface area contributed by atoms with E-state index in [0.717, 1.165) is 0 Å². The van der Waals surface area contributed by atoms with Crippen molar-refractivity contribution in [3.05, 3.63) is 0 Å². The van der Waals surface area contributed by atoms with E-state index < -0.39 is 0 Å². The van der Waals surface area contributed by atoms with Crippen LogP contribution in [-0.2, 0) is 0 Å². The fourth-order valence-electron chi connectivity index (χ4n) is 0. The van der Waals surface area contributed by atoms with Crippen LogP contribution < -0.4 is 37.2 Å². The molecule has 0 aliphatic rings. The molecule has 0 saturated heterocycles. The first-order valence-corrected chi connectivity index (χ1v) is 0. The van der Waals surface area contributed by atoms with E-state index in [1.54, 1.807) is 0 Å². The Morgan fingerprint density at radius 3 is 0.600 bits per heavy atom. The largest absolute Gasteiger partial charge is 3.00 e. The number of halogens is 3. The Labute approximate surface area is 115 Å². The second kappa shape index (κ2) is 25.7. The molecule has 2 radical (unpaired) electrons. The maximum absolute atomic E-state index is 0. The van der Waals surface area contributed by atoms with Gasteiger partial charge in [-0.25, -0.2) is 0 Å². The molecule has 0 aromatic heterocycles.